The minimum Gasteiger partial charge on any atom is -0.374 e. The third kappa shape index (κ3) is 4.98. The van der Waals surface area contributed by atoms with Gasteiger partial charge in [0.15, 0.2) is 0 Å². The van der Waals surface area contributed by atoms with E-state index in [1.165, 1.54) is 0 Å². The van der Waals surface area contributed by atoms with Crippen molar-refractivity contribution in [2.45, 2.75) is 32.5 Å². The zero-order chi connectivity index (χ0) is 27.8. The Morgan fingerprint density at radius 1 is 1.00 bits per heavy atom. The number of ether oxygens (including phenoxy) is 1. The summed E-state index contributed by atoms with van der Waals surface area (Å²) >= 11 is 0. The van der Waals surface area contributed by atoms with Gasteiger partial charge < -0.3 is 19.4 Å². The summed E-state index contributed by atoms with van der Waals surface area (Å²) in [6.45, 7) is 8.24. The highest BCUT2D eigenvalue weighted by Gasteiger charge is 2.32. The van der Waals surface area contributed by atoms with Crippen molar-refractivity contribution in [1.29, 1.82) is 5.26 Å². The fourth-order valence-electron chi connectivity index (χ4n) is 5.61. The fraction of sp³-hybridized carbons (Fsp3) is 0.414. The number of urea groups is 1. The number of nitrogens with zero attached hydrogens (tertiary/aromatic N) is 9. The van der Waals surface area contributed by atoms with E-state index >= 15 is 0 Å². The number of likely N-dealkylation sites (tertiary alicyclic amines) is 1. The van der Waals surface area contributed by atoms with Gasteiger partial charge in [0.25, 0.3) is 0 Å². The van der Waals surface area contributed by atoms with Gasteiger partial charge in [-0.25, -0.2) is 14.3 Å². The maximum atomic E-state index is 13.1. The number of anilines is 1. The summed E-state index contributed by atoms with van der Waals surface area (Å²) in [5.41, 5.74) is 4.96. The molecule has 11 nitrogen and oxygen atoms in total. The number of piperazine rings is 1. The lowest BCUT2D eigenvalue weighted by molar-refractivity contribution is 0.0149. The van der Waals surface area contributed by atoms with Crippen molar-refractivity contribution in [3.05, 3.63) is 54.7 Å². The molecule has 0 aliphatic carbocycles. The van der Waals surface area contributed by atoms with E-state index in [9.17, 15) is 10.1 Å². The Morgan fingerprint density at radius 2 is 1.82 bits per heavy atom. The maximum absolute atomic E-state index is 13.1. The molecule has 1 atom stereocenters. The van der Waals surface area contributed by atoms with Gasteiger partial charge in [-0.3, -0.25) is 4.68 Å². The molecule has 0 radical (unpaired) electrons. The molecule has 6 rings (SSSR count). The molecular formula is C29H33N9O2. The van der Waals surface area contributed by atoms with Crippen LogP contribution in [0.25, 0.3) is 27.8 Å². The molecule has 0 saturated carbocycles. The van der Waals surface area contributed by atoms with E-state index in [0.717, 1.165) is 59.6 Å². The smallest absolute Gasteiger partial charge is 0.320 e. The summed E-state index contributed by atoms with van der Waals surface area (Å²) in [4.78, 5) is 23.9. The van der Waals surface area contributed by atoms with Crippen LogP contribution >= 0.6 is 0 Å². The highest BCUT2D eigenvalue weighted by Crippen LogP contribution is 2.32. The molecule has 0 N–H and O–H groups in total. The lowest BCUT2D eigenvalue weighted by atomic mass is 10.0. The SMILES string of the molecule is CC(C)O[C@@H]1CCN(C(=O)N2CCN(c3ccc(-c4cc(-c5cnn(C)c5)cn5ncc(C#N)c45)cn3)CC2)C1. The molecule has 40 heavy (non-hydrogen) atoms. The van der Waals surface area contributed by atoms with Gasteiger partial charge in [0, 0.05) is 87.2 Å². The molecule has 2 aliphatic rings. The molecule has 0 unspecified atom stereocenters. The van der Waals surface area contributed by atoms with Crippen LogP contribution in [0.5, 0.6) is 0 Å². The summed E-state index contributed by atoms with van der Waals surface area (Å²) in [5, 5.41) is 18.4. The molecule has 4 aromatic heterocycles. The molecule has 0 aromatic carbocycles. The van der Waals surface area contributed by atoms with Crippen molar-refractivity contribution >= 4 is 17.4 Å². The van der Waals surface area contributed by atoms with Crippen molar-refractivity contribution in [2.75, 3.05) is 44.2 Å². The second kappa shape index (κ2) is 10.6. The molecule has 6 heterocycles. The van der Waals surface area contributed by atoms with Gasteiger partial charge in [0.2, 0.25) is 0 Å². The highest BCUT2D eigenvalue weighted by atomic mass is 16.5. The lowest BCUT2D eigenvalue weighted by Crippen LogP contribution is -2.52. The molecule has 2 amide bonds. The number of fused-ring (bicyclic) bond motifs is 1. The Morgan fingerprint density at radius 3 is 2.50 bits per heavy atom. The van der Waals surface area contributed by atoms with Crippen LogP contribution in [0.4, 0.5) is 10.6 Å². The van der Waals surface area contributed by atoms with Crippen LogP contribution in [0.15, 0.2) is 49.2 Å². The van der Waals surface area contributed by atoms with E-state index < -0.39 is 0 Å². The van der Waals surface area contributed by atoms with E-state index in [1.807, 2.05) is 67.6 Å². The Bertz CT molecular complexity index is 1560. The summed E-state index contributed by atoms with van der Waals surface area (Å²) < 4.78 is 9.41. The van der Waals surface area contributed by atoms with Crippen LogP contribution in [0.1, 0.15) is 25.8 Å². The summed E-state index contributed by atoms with van der Waals surface area (Å²) in [6.07, 6.45) is 10.3. The van der Waals surface area contributed by atoms with E-state index in [0.29, 0.717) is 25.2 Å². The first-order valence-electron chi connectivity index (χ1n) is 13.7. The van der Waals surface area contributed by atoms with Crippen LogP contribution in [0, 0.1) is 11.3 Å². The summed E-state index contributed by atoms with van der Waals surface area (Å²) in [7, 11) is 1.88. The van der Waals surface area contributed by atoms with E-state index in [1.54, 1.807) is 15.4 Å². The van der Waals surface area contributed by atoms with Crippen LogP contribution in [-0.2, 0) is 11.8 Å². The highest BCUT2D eigenvalue weighted by molar-refractivity contribution is 5.87. The van der Waals surface area contributed by atoms with Crippen LogP contribution in [0.2, 0.25) is 0 Å². The number of hydrogen-bond donors (Lipinski definition) is 0. The minimum absolute atomic E-state index is 0.101. The molecule has 0 spiro atoms. The van der Waals surface area contributed by atoms with Gasteiger partial charge in [0.05, 0.1) is 35.7 Å². The first-order valence-corrected chi connectivity index (χ1v) is 13.7. The minimum atomic E-state index is 0.101. The van der Waals surface area contributed by atoms with Gasteiger partial charge in [-0.15, -0.1) is 0 Å². The van der Waals surface area contributed by atoms with Crippen molar-refractivity contribution in [1.82, 2.24) is 34.2 Å². The predicted octanol–water partition coefficient (Wildman–Crippen LogP) is 3.41. The van der Waals surface area contributed by atoms with Crippen molar-refractivity contribution in [2.24, 2.45) is 7.05 Å². The fourth-order valence-corrected chi connectivity index (χ4v) is 5.61. The molecular weight excluding hydrogens is 506 g/mol. The summed E-state index contributed by atoms with van der Waals surface area (Å²) in [5.74, 6) is 0.871. The number of carbonyl (C=O) groups excluding carboxylic acids is 1. The third-order valence-electron chi connectivity index (χ3n) is 7.58. The Kier molecular flexibility index (Phi) is 6.86. The zero-order valence-electron chi connectivity index (χ0n) is 23.1. The lowest BCUT2D eigenvalue weighted by Gasteiger charge is -2.37. The average molecular weight is 540 g/mol. The van der Waals surface area contributed by atoms with Crippen molar-refractivity contribution in [3.8, 4) is 28.3 Å². The van der Waals surface area contributed by atoms with E-state index in [4.69, 9.17) is 9.72 Å². The molecule has 2 saturated heterocycles. The number of pyridine rings is 2. The third-order valence-corrected chi connectivity index (χ3v) is 7.58. The maximum Gasteiger partial charge on any atom is 0.320 e. The molecule has 4 aromatic rings. The second-order valence-electron chi connectivity index (χ2n) is 10.7. The molecule has 0 bridgehead atoms. The number of amides is 2. The largest absolute Gasteiger partial charge is 0.374 e. The van der Waals surface area contributed by atoms with Crippen molar-refractivity contribution < 1.29 is 9.53 Å². The van der Waals surface area contributed by atoms with Crippen LogP contribution < -0.4 is 4.90 Å². The quantitative estimate of drug-likeness (QED) is 0.382. The number of hydrogen-bond acceptors (Lipinski definition) is 7. The van der Waals surface area contributed by atoms with Crippen LogP contribution in [0.3, 0.4) is 0 Å². The van der Waals surface area contributed by atoms with Gasteiger partial charge in [0.1, 0.15) is 11.9 Å². The Hall–Kier alpha value is -4.43. The van der Waals surface area contributed by atoms with Crippen LogP contribution in [-0.4, -0.2) is 91.7 Å². The molecule has 2 aliphatic heterocycles. The number of aryl methyl sites for hydroxylation is 1. The van der Waals surface area contributed by atoms with E-state index in [2.05, 4.69) is 27.2 Å². The second-order valence-corrected chi connectivity index (χ2v) is 10.7. The Labute approximate surface area is 233 Å². The summed E-state index contributed by atoms with van der Waals surface area (Å²) in [6, 6.07) is 8.47. The number of rotatable bonds is 5. The monoisotopic (exact) mass is 539 g/mol. The van der Waals surface area contributed by atoms with E-state index in [-0.39, 0.29) is 18.2 Å². The zero-order valence-corrected chi connectivity index (χ0v) is 23.1. The Balaban J connectivity index is 1.17. The topological polar surface area (TPSA) is 108 Å². The molecule has 11 heteroatoms. The van der Waals surface area contributed by atoms with Gasteiger partial charge >= 0.3 is 6.03 Å². The van der Waals surface area contributed by atoms with Crippen molar-refractivity contribution in [3.63, 3.8) is 0 Å². The molecule has 206 valence electrons. The first kappa shape index (κ1) is 25.8. The van der Waals surface area contributed by atoms with Gasteiger partial charge in [-0.2, -0.15) is 15.5 Å². The first-order chi connectivity index (χ1) is 19.4. The van der Waals surface area contributed by atoms with Gasteiger partial charge in [-0.1, -0.05) is 0 Å². The predicted molar refractivity (Wildman–Crippen MR) is 151 cm³/mol. The number of carbonyl (C=O) groups is 1. The normalized spacial score (nSPS) is 17.7. The number of nitriles is 1. The molecule has 2 fully saturated rings. The average Bonchev–Trinajstić information content (AvgIpc) is 3.72. The standard InChI is InChI=1S/C29H33N9O2/c1-20(2)40-25-6-7-37(19-25)29(39)36-10-8-35(9-11-36)27-5-4-21(14-31-27)26-12-22(24-16-32-34(3)17-24)18-38-28(26)23(13-30)15-33-38/h4-5,12,14-18,20,25H,6-11,19H2,1-3H3/t25-/m1/s1. The number of aromatic nitrogens is 5. The van der Waals surface area contributed by atoms with Gasteiger partial charge in [-0.05, 0) is 38.5 Å².